The van der Waals surface area contributed by atoms with Gasteiger partial charge >= 0.3 is 0 Å². The van der Waals surface area contributed by atoms with E-state index in [1.165, 1.54) is 20.3 Å². The van der Waals surface area contributed by atoms with Crippen molar-refractivity contribution in [2.75, 3.05) is 14.2 Å². The predicted octanol–water partition coefficient (Wildman–Crippen LogP) is 2.96. The molecule has 1 heterocycles. The van der Waals surface area contributed by atoms with Gasteiger partial charge in [-0.05, 0) is 60.3 Å². The summed E-state index contributed by atoms with van der Waals surface area (Å²) >= 11 is 6.28. The Morgan fingerprint density at radius 1 is 1.18 bits per heavy atom. The van der Waals surface area contributed by atoms with Crippen molar-refractivity contribution in [1.29, 1.82) is 0 Å². The molecular weight excluding hydrogens is 400 g/mol. The summed E-state index contributed by atoms with van der Waals surface area (Å²) in [5.41, 5.74) is 3.53. The number of nitrogens with zero attached hydrogens (tertiary/aromatic N) is 1. The normalized spacial score (nSPS) is 15.1. The van der Waals surface area contributed by atoms with Crippen LogP contribution in [0.25, 0.3) is 6.08 Å². The number of phenols is 1. The van der Waals surface area contributed by atoms with Gasteiger partial charge in [0.05, 0.1) is 19.1 Å². The van der Waals surface area contributed by atoms with Crippen LogP contribution < -0.4 is 14.9 Å². The van der Waals surface area contributed by atoms with Crippen LogP contribution in [0.5, 0.6) is 17.2 Å². The Hall–Kier alpha value is -3.04. The van der Waals surface area contributed by atoms with Gasteiger partial charge in [-0.25, -0.2) is 0 Å². The van der Waals surface area contributed by atoms with Gasteiger partial charge in [-0.3, -0.25) is 15.0 Å². The van der Waals surface area contributed by atoms with E-state index in [-0.39, 0.29) is 15.8 Å². The number of thiocarbonyl (C=S) groups is 1. The van der Waals surface area contributed by atoms with E-state index < -0.39 is 11.8 Å². The number of carbonyl (C=O) groups is 2. The smallest absolute Gasteiger partial charge is 0.285 e. The van der Waals surface area contributed by atoms with Gasteiger partial charge in [0.2, 0.25) is 0 Å². The van der Waals surface area contributed by atoms with Crippen LogP contribution in [0, 0.1) is 0 Å². The number of hydrazine groups is 1. The number of rotatable bonds is 5. The minimum atomic E-state index is -0.466. The Kier molecular flexibility index (Phi) is 5.86. The van der Waals surface area contributed by atoms with Crippen molar-refractivity contribution in [1.82, 2.24) is 10.4 Å². The summed E-state index contributed by atoms with van der Waals surface area (Å²) < 4.78 is 10.3. The zero-order valence-corrected chi connectivity index (χ0v) is 16.6. The maximum Gasteiger partial charge on any atom is 0.285 e. The first-order valence-electron chi connectivity index (χ1n) is 8.03. The van der Waals surface area contributed by atoms with Gasteiger partial charge in [0.1, 0.15) is 5.75 Å². The molecule has 2 N–H and O–H groups in total. The lowest BCUT2D eigenvalue weighted by Gasteiger charge is -2.15. The Balaban J connectivity index is 1.76. The molecule has 0 atom stereocenters. The Morgan fingerprint density at radius 3 is 2.54 bits per heavy atom. The molecule has 2 aromatic carbocycles. The van der Waals surface area contributed by atoms with Gasteiger partial charge in [0.15, 0.2) is 15.8 Å². The molecule has 144 valence electrons. The van der Waals surface area contributed by atoms with Crippen molar-refractivity contribution >= 4 is 46.2 Å². The lowest BCUT2D eigenvalue weighted by atomic mass is 10.2. The van der Waals surface area contributed by atoms with Crippen molar-refractivity contribution in [2.24, 2.45) is 0 Å². The predicted molar refractivity (Wildman–Crippen MR) is 110 cm³/mol. The highest BCUT2D eigenvalue weighted by atomic mass is 32.2. The van der Waals surface area contributed by atoms with E-state index in [1.54, 1.807) is 42.5 Å². The van der Waals surface area contributed by atoms with E-state index in [1.807, 2.05) is 0 Å². The number of amides is 2. The molecule has 1 aliphatic rings. The number of ether oxygens (including phenoxy) is 2. The van der Waals surface area contributed by atoms with E-state index >= 15 is 0 Å². The Morgan fingerprint density at radius 2 is 1.89 bits per heavy atom. The zero-order chi connectivity index (χ0) is 20.3. The van der Waals surface area contributed by atoms with E-state index in [9.17, 15) is 14.7 Å². The average molecular weight is 416 g/mol. The standard InChI is InChI=1S/C19H16N2O5S2/c1-25-13-6-4-12(5-7-13)17(23)20-21-18(24)16(28-19(21)27)10-11-3-8-14(22)15(9-11)26-2/h3-10,22H,1-2H3,(H,20,23). The highest BCUT2D eigenvalue weighted by Gasteiger charge is 2.33. The first-order chi connectivity index (χ1) is 13.4. The molecule has 0 saturated carbocycles. The number of carbonyl (C=O) groups excluding carboxylic acids is 2. The summed E-state index contributed by atoms with van der Waals surface area (Å²) in [6, 6.07) is 11.2. The molecule has 1 aliphatic heterocycles. The fourth-order valence-corrected chi connectivity index (χ4v) is 3.59. The van der Waals surface area contributed by atoms with Crippen LogP contribution in [0.15, 0.2) is 47.4 Å². The van der Waals surface area contributed by atoms with Crippen molar-refractivity contribution in [3.63, 3.8) is 0 Å². The van der Waals surface area contributed by atoms with Crippen LogP contribution in [-0.2, 0) is 4.79 Å². The third-order valence-electron chi connectivity index (χ3n) is 3.86. The number of aromatic hydroxyl groups is 1. The van der Waals surface area contributed by atoms with Crippen LogP contribution in [0.4, 0.5) is 0 Å². The molecule has 0 aromatic heterocycles. The molecule has 0 unspecified atom stereocenters. The lowest BCUT2D eigenvalue weighted by molar-refractivity contribution is -0.123. The van der Waals surface area contributed by atoms with Crippen LogP contribution in [-0.4, -0.2) is 40.5 Å². The topological polar surface area (TPSA) is 88.1 Å². The second-order valence-electron chi connectivity index (χ2n) is 5.62. The SMILES string of the molecule is COc1ccc(C(=O)NN2C(=O)C(=Cc3ccc(O)c(OC)c3)SC2=S)cc1. The van der Waals surface area contributed by atoms with E-state index in [4.69, 9.17) is 21.7 Å². The van der Waals surface area contributed by atoms with E-state index in [2.05, 4.69) is 5.43 Å². The maximum absolute atomic E-state index is 12.6. The second-order valence-corrected chi connectivity index (χ2v) is 7.29. The summed E-state index contributed by atoms with van der Waals surface area (Å²) in [5, 5.41) is 10.7. The first kappa shape index (κ1) is 19.7. The molecule has 0 radical (unpaired) electrons. The third kappa shape index (κ3) is 4.10. The molecule has 2 amide bonds. The monoisotopic (exact) mass is 416 g/mol. The fraction of sp³-hybridized carbons (Fsp3) is 0.105. The van der Waals surface area contributed by atoms with Gasteiger partial charge in [-0.15, -0.1) is 0 Å². The Labute approximate surface area is 170 Å². The summed E-state index contributed by atoms with van der Waals surface area (Å²) in [5.74, 6) is 0.000760. The molecule has 1 fully saturated rings. The van der Waals surface area contributed by atoms with Gasteiger partial charge in [-0.2, -0.15) is 5.01 Å². The second kappa shape index (κ2) is 8.32. The minimum Gasteiger partial charge on any atom is -0.504 e. The molecule has 2 aromatic rings. The van der Waals surface area contributed by atoms with Crippen LogP contribution in [0.1, 0.15) is 15.9 Å². The van der Waals surface area contributed by atoms with Gasteiger partial charge in [-0.1, -0.05) is 17.8 Å². The highest BCUT2D eigenvalue weighted by molar-refractivity contribution is 8.26. The molecule has 0 aliphatic carbocycles. The van der Waals surface area contributed by atoms with Crippen molar-refractivity contribution in [3.05, 3.63) is 58.5 Å². The first-order valence-corrected chi connectivity index (χ1v) is 9.25. The number of thioether (sulfide) groups is 1. The Bertz CT molecular complexity index is 973. The van der Waals surface area contributed by atoms with Crippen LogP contribution in [0.2, 0.25) is 0 Å². The molecule has 9 heteroatoms. The maximum atomic E-state index is 12.6. The fourth-order valence-electron chi connectivity index (χ4n) is 2.41. The van der Waals surface area contributed by atoms with Crippen molar-refractivity contribution in [2.45, 2.75) is 0 Å². The largest absolute Gasteiger partial charge is 0.504 e. The van der Waals surface area contributed by atoms with Gasteiger partial charge in [0.25, 0.3) is 11.8 Å². The third-order valence-corrected chi connectivity index (χ3v) is 5.16. The summed E-state index contributed by atoms with van der Waals surface area (Å²) in [7, 11) is 2.97. The van der Waals surface area contributed by atoms with E-state index in [0.29, 0.717) is 21.8 Å². The van der Waals surface area contributed by atoms with Crippen LogP contribution >= 0.6 is 24.0 Å². The van der Waals surface area contributed by atoms with Crippen molar-refractivity contribution < 1.29 is 24.2 Å². The van der Waals surface area contributed by atoms with Crippen LogP contribution in [0.3, 0.4) is 0 Å². The minimum absolute atomic E-state index is 0.000969. The van der Waals surface area contributed by atoms with Crippen molar-refractivity contribution in [3.8, 4) is 17.2 Å². The summed E-state index contributed by atoms with van der Waals surface area (Å²) in [6.45, 7) is 0. The summed E-state index contributed by atoms with van der Waals surface area (Å²) in [6.07, 6.45) is 1.61. The molecule has 0 spiro atoms. The number of nitrogens with one attached hydrogen (secondary N) is 1. The average Bonchev–Trinajstić information content (AvgIpc) is 2.96. The number of benzene rings is 2. The number of methoxy groups -OCH3 is 2. The molecule has 28 heavy (non-hydrogen) atoms. The van der Waals surface area contributed by atoms with Gasteiger partial charge in [0, 0.05) is 5.56 Å². The molecule has 7 nitrogen and oxygen atoms in total. The summed E-state index contributed by atoms with van der Waals surface area (Å²) in [4.78, 5) is 25.4. The molecular formula is C19H16N2O5S2. The quantitative estimate of drug-likeness (QED) is 0.572. The number of hydrogen-bond donors (Lipinski definition) is 2. The molecule has 0 bridgehead atoms. The zero-order valence-electron chi connectivity index (χ0n) is 15.0. The molecule has 1 saturated heterocycles. The lowest BCUT2D eigenvalue weighted by Crippen LogP contribution is -2.44. The highest BCUT2D eigenvalue weighted by Crippen LogP contribution is 2.33. The van der Waals surface area contributed by atoms with E-state index in [0.717, 1.165) is 16.8 Å². The number of phenolic OH excluding ortho intramolecular Hbond substituents is 1. The van der Waals surface area contributed by atoms with Gasteiger partial charge < -0.3 is 14.6 Å². The number of hydrogen-bond acceptors (Lipinski definition) is 7. The molecule has 3 rings (SSSR count).